The molecule has 1 unspecified atom stereocenters. The molecule has 382 valence electrons. The standard InChI is InChI=1S/C54H67FN10O7/c55-46-13-10-37(28-47-43-8-1-2-9-44(43)52(69)59-58-47)27-45(46)53(70)63-25-23-62(24-26-63)49(67)33-60-17-14-36(15-18-60)31-61-19-21-64(22-20-61)54(71)50(41-34-72-35-41)57-51(68)39-6-3-5-38(29-39)40-7-4-16-65(32-40)48(66)30-56-42-11-12-42/h1-3,5-6,8-10,13,27,29,36,40-42,50,56H,4,7,11-12,14-26,28,30-35H2,(H,57,68)(H,59,69)/t40?,50-/m1/s1. The van der Waals surface area contributed by atoms with Crippen LogP contribution in [0, 0.1) is 17.7 Å². The Labute approximate surface area is 419 Å². The summed E-state index contributed by atoms with van der Waals surface area (Å²) in [5.41, 5.74) is 2.56. The number of piperazine rings is 2. The number of ether oxygens (including phenoxy) is 1. The topological polar surface area (TPSA) is 184 Å². The molecule has 10 rings (SSSR count). The Hall–Kier alpha value is -6.08. The van der Waals surface area contributed by atoms with Crippen molar-refractivity contribution in [1.29, 1.82) is 0 Å². The molecule has 0 radical (unpaired) electrons. The number of aromatic nitrogens is 2. The Bertz CT molecular complexity index is 2690. The van der Waals surface area contributed by atoms with Gasteiger partial charge in [-0.05, 0) is 99.0 Å². The fraction of sp³-hybridized carbons (Fsp3) is 0.537. The number of H-pyrrole nitrogens is 1. The largest absolute Gasteiger partial charge is 0.380 e. The summed E-state index contributed by atoms with van der Waals surface area (Å²) in [6, 6.07) is 19.1. The van der Waals surface area contributed by atoms with E-state index in [0.29, 0.717) is 118 Å². The molecule has 1 saturated carbocycles. The number of benzene rings is 3. The number of carbonyl (C=O) groups is 5. The molecule has 2 atom stereocenters. The minimum Gasteiger partial charge on any atom is -0.380 e. The van der Waals surface area contributed by atoms with Crippen molar-refractivity contribution in [2.75, 3.05) is 111 Å². The van der Waals surface area contributed by atoms with Gasteiger partial charge in [-0.2, -0.15) is 5.10 Å². The molecule has 6 heterocycles. The van der Waals surface area contributed by atoms with Crippen LogP contribution >= 0.6 is 0 Å². The van der Waals surface area contributed by atoms with Gasteiger partial charge >= 0.3 is 0 Å². The smallest absolute Gasteiger partial charge is 0.272 e. The molecule has 1 aromatic heterocycles. The lowest BCUT2D eigenvalue weighted by molar-refractivity contribution is -0.142. The molecule has 6 fully saturated rings. The second-order valence-electron chi connectivity index (χ2n) is 20.8. The quantitative estimate of drug-likeness (QED) is 0.159. The van der Waals surface area contributed by atoms with Gasteiger partial charge in [-0.15, -0.1) is 0 Å². The number of aromatic amines is 1. The second kappa shape index (κ2) is 22.4. The van der Waals surface area contributed by atoms with Gasteiger partial charge in [0.25, 0.3) is 17.4 Å². The Morgan fingerprint density at radius 1 is 0.736 bits per heavy atom. The maximum atomic E-state index is 15.1. The van der Waals surface area contributed by atoms with Gasteiger partial charge in [0.05, 0.1) is 42.9 Å². The molecule has 3 aromatic carbocycles. The van der Waals surface area contributed by atoms with Crippen LogP contribution in [-0.4, -0.2) is 193 Å². The second-order valence-corrected chi connectivity index (χ2v) is 20.8. The highest BCUT2D eigenvalue weighted by Gasteiger charge is 2.39. The first-order valence-corrected chi connectivity index (χ1v) is 26.1. The number of fused-ring (bicyclic) bond motifs is 1. The maximum absolute atomic E-state index is 15.1. The number of carbonyl (C=O) groups excluding carboxylic acids is 5. The number of piperidine rings is 2. The summed E-state index contributed by atoms with van der Waals surface area (Å²) in [7, 11) is 0. The lowest BCUT2D eigenvalue weighted by Crippen LogP contribution is -2.60. The molecule has 0 spiro atoms. The van der Waals surface area contributed by atoms with Crippen molar-refractivity contribution in [2.24, 2.45) is 11.8 Å². The van der Waals surface area contributed by atoms with Crippen LogP contribution in [0.4, 0.5) is 4.39 Å². The van der Waals surface area contributed by atoms with Crippen LogP contribution < -0.4 is 16.2 Å². The van der Waals surface area contributed by atoms with E-state index in [1.807, 2.05) is 40.1 Å². The van der Waals surface area contributed by atoms with Gasteiger partial charge in [-0.3, -0.25) is 38.6 Å². The third kappa shape index (κ3) is 11.7. The molecule has 5 aliphatic heterocycles. The first-order valence-electron chi connectivity index (χ1n) is 26.1. The molecule has 72 heavy (non-hydrogen) atoms. The normalized spacial score (nSPS) is 21.1. The zero-order valence-corrected chi connectivity index (χ0v) is 41.1. The first-order chi connectivity index (χ1) is 35.0. The highest BCUT2D eigenvalue weighted by Crippen LogP contribution is 2.29. The van der Waals surface area contributed by atoms with E-state index < -0.39 is 17.8 Å². The molecule has 6 aliphatic rings. The van der Waals surface area contributed by atoms with Gasteiger partial charge in [-0.25, -0.2) is 9.49 Å². The van der Waals surface area contributed by atoms with Gasteiger partial charge < -0.3 is 35.0 Å². The molecule has 17 nitrogen and oxygen atoms in total. The molecule has 4 aromatic rings. The summed E-state index contributed by atoms with van der Waals surface area (Å²) in [6.45, 7) is 9.57. The van der Waals surface area contributed by atoms with E-state index in [2.05, 4.69) is 30.6 Å². The van der Waals surface area contributed by atoms with Crippen molar-refractivity contribution in [3.8, 4) is 0 Å². The van der Waals surface area contributed by atoms with Crippen LogP contribution in [0.1, 0.15) is 82.0 Å². The lowest BCUT2D eigenvalue weighted by atomic mass is 9.89. The van der Waals surface area contributed by atoms with Gasteiger partial charge in [0.2, 0.25) is 17.7 Å². The van der Waals surface area contributed by atoms with Crippen LogP contribution in [0.5, 0.6) is 0 Å². The zero-order valence-electron chi connectivity index (χ0n) is 41.1. The van der Waals surface area contributed by atoms with E-state index in [1.165, 1.54) is 6.07 Å². The van der Waals surface area contributed by atoms with Crippen LogP contribution in [0.3, 0.4) is 0 Å². The number of halogens is 1. The molecule has 5 saturated heterocycles. The number of hydrogen-bond acceptors (Lipinski definition) is 11. The molecular weight excluding hydrogens is 920 g/mol. The van der Waals surface area contributed by atoms with Crippen molar-refractivity contribution in [2.45, 2.75) is 62.9 Å². The van der Waals surface area contributed by atoms with Crippen molar-refractivity contribution < 1.29 is 33.1 Å². The molecule has 1 aliphatic carbocycles. The van der Waals surface area contributed by atoms with Crippen molar-refractivity contribution in [3.63, 3.8) is 0 Å². The van der Waals surface area contributed by atoms with Crippen molar-refractivity contribution in [3.05, 3.63) is 111 Å². The number of hydrogen-bond donors (Lipinski definition) is 3. The summed E-state index contributed by atoms with van der Waals surface area (Å²) in [6.07, 6.45) is 6.40. The Balaban J connectivity index is 0.642. The molecule has 5 amide bonds. The highest BCUT2D eigenvalue weighted by atomic mass is 19.1. The van der Waals surface area contributed by atoms with E-state index in [0.717, 1.165) is 83.4 Å². The summed E-state index contributed by atoms with van der Waals surface area (Å²) < 4.78 is 20.6. The number of nitrogens with one attached hydrogen (secondary N) is 3. The molecule has 0 bridgehead atoms. The monoisotopic (exact) mass is 987 g/mol. The summed E-state index contributed by atoms with van der Waals surface area (Å²) >= 11 is 0. The fourth-order valence-electron chi connectivity index (χ4n) is 11.1. The number of rotatable bonds is 15. The van der Waals surface area contributed by atoms with E-state index in [1.54, 1.807) is 40.1 Å². The molecule has 18 heteroatoms. The SMILES string of the molecule is O=C(N[C@@H](C(=O)N1CCN(CC2CCN(CC(=O)N3CCN(C(=O)c4cc(Cc5n[nH]c(=O)c6ccccc56)ccc4F)CC3)CC2)CC1)C1COC1)c1cccc(C2CCCN(C(=O)CNC3CC3)C2)c1. The number of nitrogens with zero attached hydrogens (tertiary/aromatic N) is 7. The number of amides is 5. The average Bonchev–Trinajstić information content (AvgIpc) is 4.24. The van der Waals surface area contributed by atoms with E-state index in [-0.39, 0.29) is 46.6 Å². The van der Waals surface area contributed by atoms with Gasteiger partial charge in [0, 0.05) is 107 Å². The Morgan fingerprint density at radius 3 is 2.21 bits per heavy atom. The molecular formula is C54H67FN10O7. The van der Waals surface area contributed by atoms with Crippen LogP contribution in [0.25, 0.3) is 10.8 Å². The Morgan fingerprint density at radius 2 is 1.47 bits per heavy atom. The van der Waals surface area contributed by atoms with Crippen LogP contribution in [0.15, 0.2) is 71.5 Å². The predicted octanol–water partition coefficient (Wildman–Crippen LogP) is 2.70. The van der Waals surface area contributed by atoms with E-state index in [9.17, 15) is 28.8 Å². The maximum Gasteiger partial charge on any atom is 0.272 e. The van der Waals surface area contributed by atoms with Crippen molar-refractivity contribution >= 4 is 40.3 Å². The van der Waals surface area contributed by atoms with Gasteiger partial charge in [-0.1, -0.05) is 36.4 Å². The number of likely N-dealkylation sites (tertiary alicyclic amines) is 2. The average molecular weight is 987 g/mol. The fourth-order valence-corrected chi connectivity index (χ4v) is 11.1. The summed E-state index contributed by atoms with van der Waals surface area (Å²) in [5, 5.41) is 14.4. The minimum atomic E-state index is -0.671. The predicted molar refractivity (Wildman–Crippen MR) is 268 cm³/mol. The van der Waals surface area contributed by atoms with Crippen molar-refractivity contribution in [1.82, 2.24) is 50.2 Å². The zero-order chi connectivity index (χ0) is 49.7. The van der Waals surface area contributed by atoms with Crippen LogP contribution in [-0.2, 0) is 25.5 Å². The lowest BCUT2D eigenvalue weighted by Gasteiger charge is -2.41. The van der Waals surface area contributed by atoms with Gasteiger partial charge in [0.1, 0.15) is 11.9 Å². The van der Waals surface area contributed by atoms with Crippen LogP contribution in [0.2, 0.25) is 0 Å². The summed E-state index contributed by atoms with van der Waals surface area (Å²) in [5.74, 6) is -0.650. The highest BCUT2D eigenvalue weighted by molar-refractivity contribution is 5.98. The van der Waals surface area contributed by atoms with E-state index in [4.69, 9.17) is 4.74 Å². The minimum absolute atomic E-state index is 0.0262. The van der Waals surface area contributed by atoms with E-state index >= 15 is 4.39 Å². The molecule has 3 N–H and O–H groups in total. The third-order valence-corrected chi connectivity index (χ3v) is 15.8. The third-order valence-electron chi connectivity index (χ3n) is 15.8. The Kier molecular flexibility index (Phi) is 15.4. The van der Waals surface area contributed by atoms with Gasteiger partial charge in [0.15, 0.2) is 0 Å². The summed E-state index contributed by atoms with van der Waals surface area (Å²) in [4.78, 5) is 92.0. The first kappa shape index (κ1) is 49.5.